The minimum absolute atomic E-state index is 0.297. The molecule has 1 aromatic carbocycles. The number of hydrazine groups is 1. The Morgan fingerprint density at radius 1 is 1.35 bits per heavy atom. The molecule has 0 saturated heterocycles. The third-order valence-electron chi connectivity index (χ3n) is 3.28. The molecule has 17 heavy (non-hydrogen) atoms. The van der Waals surface area contributed by atoms with Crippen molar-refractivity contribution in [2.24, 2.45) is 11.8 Å². The molecule has 1 aromatic rings. The van der Waals surface area contributed by atoms with Gasteiger partial charge in [-0.1, -0.05) is 38.5 Å². The summed E-state index contributed by atoms with van der Waals surface area (Å²) in [5.74, 6) is 7.16. The molecule has 0 heterocycles. The summed E-state index contributed by atoms with van der Waals surface area (Å²) in [6.07, 6.45) is 3.27. The zero-order chi connectivity index (χ0) is 12.7. The molecule has 0 aliphatic rings. The van der Waals surface area contributed by atoms with Crippen LogP contribution in [0.15, 0.2) is 24.3 Å². The highest BCUT2D eigenvalue weighted by molar-refractivity contribution is 5.33. The molecule has 0 aliphatic heterocycles. The number of methoxy groups -OCH3 is 1. The lowest BCUT2D eigenvalue weighted by atomic mass is 9.92. The number of ether oxygens (including phenoxy) is 1. The lowest BCUT2D eigenvalue weighted by molar-refractivity contribution is 0.349. The van der Waals surface area contributed by atoms with E-state index in [1.165, 1.54) is 18.4 Å². The van der Waals surface area contributed by atoms with Crippen LogP contribution in [0.2, 0.25) is 0 Å². The smallest absolute Gasteiger partial charge is 0.122 e. The summed E-state index contributed by atoms with van der Waals surface area (Å²) in [7, 11) is 1.71. The average molecular weight is 236 g/mol. The summed E-state index contributed by atoms with van der Waals surface area (Å²) < 4.78 is 5.36. The molecule has 0 bridgehead atoms. The summed E-state index contributed by atoms with van der Waals surface area (Å²) in [6, 6.07) is 8.42. The SMILES string of the molecule is CCCC(C)C(Cc1ccccc1OC)NN. The fourth-order valence-electron chi connectivity index (χ4n) is 2.19. The minimum atomic E-state index is 0.297. The molecule has 3 N–H and O–H groups in total. The van der Waals surface area contributed by atoms with Gasteiger partial charge in [0.15, 0.2) is 0 Å². The predicted octanol–water partition coefficient (Wildman–Crippen LogP) is 2.51. The van der Waals surface area contributed by atoms with Crippen molar-refractivity contribution in [3.63, 3.8) is 0 Å². The fraction of sp³-hybridized carbons (Fsp3) is 0.571. The summed E-state index contributed by atoms with van der Waals surface area (Å²) in [5, 5.41) is 0. The van der Waals surface area contributed by atoms with Gasteiger partial charge in [-0.25, -0.2) is 0 Å². The topological polar surface area (TPSA) is 47.3 Å². The van der Waals surface area contributed by atoms with Gasteiger partial charge in [0.2, 0.25) is 0 Å². The summed E-state index contributed by atoms with van der Waals surface area (Å²) in [5.41, 5.74) is 4.14. The molecule has 96 valence electrons. The van der Waals surface area contributed by atoms with Gasteiger partial charge in [-0.15, -0.1) is 0 Å². The Bertz CT molecular complexity index is 328. The van der Waals surface area contributed by atoms with Gasteiger partial charge < -0.3 is 4.74 Å². The quantitative estimate of drug-likeness (QED) is 0.565. The largest absolute Gasteiger partial charge is 0.496 e. The van der Waals surface area contributed by atoms with E-state index in [-0.39, 0.29) is 0 Å². The van der Waals surface area contributed by atoms with Crippen LogP contribution in [0.25, 0.3) is 0 Å². The van der Waals surface area contributed by atoms with E-state index in [0.717, 1.165) is 12.2 Å². The van der Waals surface area contributed by atoms with E-state index in [4.69, 9.17) is 10.6 Å². The van der Waals surface area contributed by atoms with E-state index >= 15 is 0 Å². The number of hydrogen-bond acceptors (Lipinski definition) is 3. The second kappa shape index (κ2) is 7.30. The highest BCUT2D eigenvalue weighted by atomic mass is 16.5. The molecule has 0 spiro atoms. The fourth-order valence-corrected chi connectivity index (χ4v) is 2.19. The van der Waals surface area contributed by atoms with Crippen LogP contribution in [0.1, 0.15) is 32.3 Å². The molecule has 0 fully saturated rings. The Morgan fingerprint density at radius 3 is 2.65 bits per heavy atom. The van der Waals surface area contributed by atoms with Crippen molar-refractivity contribution in [2.45, 2.75) is 39.2 Å². The molecule has 3 nitrogen and oxygen atoms in total. The van der Waals surface area contributed by atoms with Crippen LogP contribution in [0, 0.1) is 5.92 Å². The van der Waals surface area contributed by atoms with Crippen molar-refractivity contribution >= 4 is 0 Å². The number of benzene rings is 1. The maximum absolute atomic E-state index is 5.65. The molecular weight excluding hydrogens is 212 g/mol. The number of nitrogens with two attached hydrogens (primary N) is 1. The van der Waals surface area contributed by atoms with Crippen LogP contribution in [0.3, 0.4) is 0 Å². The minimum Gasteiger partial charge on any atom is -0.496 e. The van der Waals surface area contributed by atoms with E-state index in [0.29, 0.717) is 12.0 Å². The summed E-state index contributed by atoms with van der Waals surface area (Å²) in [6.45, 7) is 4.44. The maximum Gasteiger partial charge on any atom is 0.122 e. The Balaban J connectivity index is 2.73. The summed E-state index contributed by atoms with van der Waals surface area (Å²) in [4.78, 5) is 0. The van der Waals surface area contributed by atoms with Gasteiger partial charge >= 0.3 is 0 Å². The second-order valence-electron chi connectivity index (χ2n) is 4.56. The maximum atomic E-state index is 5.65. The van der Waals surface area contributed by atoms with Gasteiger partial charge in [-0.2, -0.15) is 0 Å². The molecule has 0 aromatic heterocycles. The standard InChI is InChI=1S/C14H24N2O/c1-4-7-11(2)13(16-15)10-12-8-5-6-9-14(12)17-3/h5-6,8-9,11,13,16H,4,7,10,15H2,1-3H3. The van der Waals surface area contributed by atoms with E-state index in [2.05, 4.69) is 25.3 Å². The first-order valence-corrected chi connectivity index (χ1v) is 6.30. The van der Waals surface area contributed by atoms with Crippen LogP contribution < -0.4 is 16.0 Å². The number of nitrogens with one attached hydrogen (secondary N) is 1. The van der Waals surface area contributed by atoms with E-state index < -0.39 is 0 Å². The zero-order valence-electron chi connectivity index (χ0n) is 11.1. The van der Waals surface area contributed by atoms with Crippen molar-refractivity contribution in [1.29, 1.82) is 0 Å². The number of para-hydroxylation sites is 1. The normalized spacial score (nSPS) is 14.4. The Kier molecular flexibility index (Phi) is 6.01. The van der Waals surface area contributed by atoms with Crippen molar-refractivity contribution in [1.82, 2.24) is 5.43 Å². The van der Waals surface area contributed by atoms with Crippen molar-refractivity contribution in [2.75, 3.05) is 7.11 Å². The second-order valence-corrected chi connectivity index (χ2v) is 4.56. The van der Waals surface area contributed by atoms with Crippen LogP contribution in [-0.2, 0) is 6.42 Å². The van der Waals surface area contributed by atoms with E-state index in [9.17, 15) is 0 Å². The van der Waals surface area contributed by atoms with Crippen molar-refractivity contribution < 1.29 is 4.74 Å². The first kappa shape index (κ1) is 14.0. The van der Waals surface area contributed by atoms with Gasteiger partial charge in [0.05, 0.1) is 7.11 Å². The molecule has 2 atom stereocenters. The first-order valence-electron chi connectivity index (χ1n) is 6.30. The van der Waals surface area contributed by atoms with Crippen LogP contribution in [-0.4, -0.2) is 13.2 Å². The van der Waals surface area contributed by atoms with Crippen LogP contribution >= 0.6 is 0 Å². The monoisotopic (exact) mass is 236 g/mol. The predicted molar refractivity (Wildman–Crippen MR) is 71.9 cm³/mol. The third kappa shape index (κ3) is 4.02. The van der Waals surface area contributed by atoms with Crippen LogP contribution in [0.5, 0.6) is 5.75 Å². The summed E-state index contributed by atoms with van der Waals surface area (Å²) >= 11 is 0. The average Bonchev–Trinajstić information content (AvgIpc) is 2.36. The Labute approximate surface area is 104 Å². The first-order chi connectivity index (χ1) is 8.22. The van der Waals surface area contributed by atoms with E-state index in [1.54, 1.807) is 7.11 Å². The van der Waals surface area contributed by atoms with Gasteiger partial charge in [0.1, 0.15) is 5.75 Å². The lowest BCUT2D eigenvalue weighted by Gasteiger charge is -2.23. The molecular formula is C14H24N2O. The van der Waals surface area contributed by atoms with Gasteiger partial charge in [-0.05, 0) is 30.4 Å². The van der Waals surface area contributed by atoms with Gasteiger partial charge in [-0.3, -0.25) is 11.3 Å². The zero-order valence-corrected chi connectivity index (χ0v) is 11.1. The molecule has 0 radical (unpaired) electrons. The molecule has 1 rings (SSSR count). The van der Waals surface area contributed by atoms with Crippen LogP contribution in [0.4, 0.5) is 0 Å². The Morgan fingerprint density at radius 2 is 2.06 bits per heavy atom. The number of rotatable bonds is 7. The molecule has 0 amide bonds. The number of hydrogen-bond donors (Lipinski definition) is 2. The molecule has 0 aliphatic carbocycles. The van der Waals surface area contributed by atoms with Gasteiger partial charge in [0, 0.05) is 6.04 Å². The third-order valence-corrected chi connectivity index (χ3v) is 3.28. The van der Waals surface area contributed by atoms with Crippen molar-refractivity contribution in [3.8, 4) is 5.75 Å². The molecule has 0 saturated carbocycles. The Hall–Kier alpha value is -1.06. The highest BCUT2D eigenvalue weighted by Crippen LogP contribution is 2.22. The molecule has 2 unspecified atom stereocenters. The molecule has 3 heteroatoms. The van der Waals surface area contributed by atoms with Crippen molar-refractivity contribution in [3.05, 3.63) is 29.8 Å². The lowest BCUT2D eigenvalue weighted by Crippen LogP contribution is -2.41. The highest BCUT2D eigenvalue weighted by Gasteiger charge is 2.17. The van der Waals surface area contributed by atoms with E-state index in [1.807, 2.05) is 18.2 Å². The van der Waals surface area contributed by atoms with Gasteiger partial charge in [0.25, 0.3) is 0 Å².